The normalized spacial score (nSPS) is 11.0. The average Bonchev–Trinajstić information content (AvgIpc) is 2.36. The molecule has 0 aromatic heterocycles. The molecule has 1 aromatic rings. The van der Waals surface area contributed by atoms with E-state index in [1.54, 1.807) is 17.4 Å². The van der Waals surface area contributed by atoms with Gasteiger partial charge in [0, 0.05) is 17.6 Å². The van der Waals surface area contributed by atoms with Gasteiger partial charge >= 0.3 is 12.1 Å². The summed E-state index contributed by atoms with van der Waals surface area (Å²) < 4.78 is 36.5. The van der Waals surface area contributed by atoms with Gasteiger partial charge in [-0.1, -0.05) is 28.1 Å². The Balaban J connectivity index is 2.18. The fourth-order valence-electron chi connectivity index (χ4n) is 1.51. The van der Waals surface area contributed by atoms with Crippen LogP contribution in [0.4, 0.5) is 13.2 Å². The van der Waals surface area contributed by atoms with Crippen LogP contribution in [0.25, 0.3) is 0 Å². The highest BCUT2D eigenvalue weighted by Gasteiger charge is 2.38. The minimum atomic E-state index is -4.87. The summed E-state index contributed by atoms with van der Waals surface area (Å²) >= 11 is 3.29. The third-order valence-corrected chi connectivity index (χ3v) is 2.97. The first-order valence-electron chi connectivity index (χ1n) is 6.15. The Morgan fingerprint density at radius 3 is 2.43 bits per heavy atom. The maximum absolute atomic E-state index is 11.9. The minimum Gasteiger partial charge on any atom is -0.356 e. The maximum atomic E-state index is 11.9. The van der Waals surface area contributed by atoms with Gasteiger partial charge in [0.15, 0.2) is 0 Å². The zero-order valence-electron chi connectivity index (χ0n) is 11.0. The first kappa shape index (κ1) is 17.5. The number of amides is 2. The van der Waals surface area contributed by atoms with Gasteiger partial charge in [-0.05, 0) is 24.1 Å². The molecule has 0 saturated heterocycles. The van der Waals surface area contributed by atoms with Crippen molar-refractivity contribution in [1.82, 2.24) is 10.6 Å². The van der Waals surface area contributed by atoms with Crippen molar-refractivity contribution in [3.05, 3.63) is 34.3 Å². The molecule has 0 aliphatic rings. The SMILES string of the molecule is O=C(Cc1cccc(Br)c1)NCCCNC(=O)C(F)(F)F. The van der Waals surface area contributed by atoms with Crippen LogP contribution in [-0.4, -0.2) is 31.1 Å². The standard InChI is InChI=1S/C13H14BrF3N2O2/c14-10-4-1-3-9(7-10)8-11(20)18-5-2-6-19-12(21)13(15,16)17/h1,3-4,7H,2,5-6,8H2,(H,18,20)(H,19,21). The number of alkyl halides is 3. The van der Waals surface area contributed by atoms with Gasteiger partial charge in [0.25, 0.3) is 0 Å². The molecule has 0 radical (unpaired) electrons. The highest BCUT2D eigenvalue weighted by molar-refractivity contribution is 9.10. The largest absolute Gasteiger partial charge is 0.471 e. The van der Waals surface area contributed by atoms with E-state index < -0.39 is 12.1 Å². The molecule has 0 fully saturated rings. The van der Waals surface area contributed by atoms with Gasteiger partial charge in [0.2, 0.25) is 5.91 Å². The maximum Gasteiger partial charge on any atom is 0.471 e. The van der Waals surface area contributed by atoms with Crippen LogP contribution in [0, 0.1) is 0 Å². The molecule has 0 heterocycles. The molecule has 0 bridgehead atoms. The van der Waals surface area contributed by atoms with Gasteiger partial charge in [-0.15, -0.1) is 0 Å². The number of hydrogen-bond donors (Lipinski definition) is 2. The lowest BCUT2D eigenvalue weighted by Crippen LogP contribution is -2.38. The Kier molecular flexibility index (Phi) is 6.67. The predicted molar refractivity (Wildman–Crippen MR) is 74.5 cm³/mol. The molecule has 2 N–H and O–H groups in total. The summed E-state index contributed by atoms with van der Waals surface area (Å²) in [5, 5.41) is 4.31. The zero-order chi connectivity index (χ0) is 15.9. The number of rotatable bonds is 6. The molecule has 0 unspecified atom stereocenters. The van der Waals surface area contributed by atoms with Crippen LogP contribution in [0.1, 0.15) is 12.0 Å². The number of carbonyl (C=O) groups is 2. The van der Waals surface area contributed by atoms with E-state index in [9.17, 15) is 22.8 Å². The molecule has 0 atom stereocenters. The summed E-state index contributed by atoms with van der Waals surface area (Å²) in [4.78, 5) is 22.1. The Hall–Kier alpha value is -1.57. The lowest BCUT2D eigenvalue weighted by Gasteiger charge is -2.08. The van der Waals surface area contributed by atoms with Crippen molar-refractivity contribution in [2.24, 2.45) is 0 Å². The number of hydrogen-bond acceptors (Lipinski definition) is 2. The lowest BCUT2D eigenvalue weighted by atomic mass is 10.1. The molecule has 2 amide bonds. The van der Waals surface area contributed by atoms with Gasteiger partial charge in [0.1, 0.15) is 0 Å². The summed E-state index contributed by atoms with van der Waals surface area (Å²) in [5.41, 5.74) is 0.826. The topological polar surface area (TPSA) is 58.2 Å². The molecular weight excluding hydrogens is 353 g/mol. The predicted octanol–water partition coefficient (Wildman–Crippen LogP) is 2.18. The molecule has 8 heteroatoms. The quantitative estimate of drug-likeness (QED) is 0.758. The Morgan fingerprint density at radius 1 is 1.14 bits per heavy atom. The molecule has 1 aromatic carbocycles. The molecule has 116 valence electrons. The van der Waals surface area contributed by atoms with Crippen LogP contribution >= 0.6 is 15.9 Å². The van der Waals surface area contributed by atoms with E-state index in [4.69, 9.17) is 0 Å². The second-order valence-electron chi connectivity index (χ2n) is 4.26. The highest BCUT2D eigenvalue weighted by atomic mass is 79.9. The zero-order valence-corrected chi connectivity index (χ0v) is 12.6. The van der Waals surface area contributed by atoms with E-state index >= 15 is 0 Å². The van der Waals surface area contributed by atoms with Crippen LogP contribution < -0.4 is 10.6 Å². The highest BCUT2D eigenvalue weighted by Crippen LogP contribution is 2.14. The fraction of sp³-hybridized carbons (Fsp3) is 0.385. The summed E-state index contributed by atoms with van der Waals surface area (Å²) in [6.45, 7) is 0.0560. The lowest BCUT2D eigenvalue weighted by molar-refractivity contribution is -0.173. The monoisotopic (exact) mass is 366 g/mol. The molecule has 0 saturated carbocycles. The van der Waals surface area contributed by atoms with Gasteiger partial charge in [-0.3, -0.25) is 9.59 Å². The van der Waals surface area contributed by atoms with Crippen LogP contribution in [0.2, 0.25) is 0 Å². The van der Waals surface area contributed by atoms with Crippen molar-refractivity contribution in [1.29, 1.82) is 0 Å². The number of carbonyl (C=O) groups excluding carboxylic acids is 2. The van der Waals surface area contributed by atoms with Crippen LogP contribution in [0.15, 0.2) is 28.7 Å². The van der Waals surface area contributed by atoms with Crippen molar-refractivity contribution in [3.63, 3.8) is 0 Å². The fourth-order valence-corrected chi connectivity index (χ4v) is 1.96. The minimum absolute atomic E-state index is 0.143. The van der Waals surface area contributed by atoms with Crippen LogP contribution in [-0.2, 0) is 16.0 Å². The van der Waals surface area contributed by atoms with Crippen molar-refractivity contribution in [2.45, 2.75) is 19.0 Å². The summed E-state index contributed by atoms with van der Waals surface area (Å²) in [5.74, 6) is -2.20. The van der Waals surface area contributed by atoms with Gasteiger partial charge in [0.05, 0.1) is 6.42 Å². The Morgan fingerprint density at radius 2 is 1.81 bits per heavy atom. The molecule has 0 aliphatic heterocycles. The van der Waals surface area contributed by atoms with Crippen molar-refractivity contribution in [2.75, 3.05) is 13.1 Å². The molecule has 1 rings (SSSR count). The summed E-state index contributed by atoms with van der Waals surface area (Å²) in [6.07, 6.45) is -4.45. The third-order valence-electron chi connectivity index (χ3n) is 2.47. The van der Waals surface area contributed by atoms with E-state index in [1.807, 2.05) is 12.1 Å². The van der Waals surface area contributed by atoms with Gasteiger partial charge in [-0.2, -0.15) is 13.2 Å². The third kappa shape index (κ3) is 7.12. The van der Waals surface area contributed by atoms with Crippen molar-refractivity contribution < 1.29 is 22.8 Å². The van der Waals surface area contributed by atoms with E-state index in [0.29, 0.717) is 0 Å². The molecule has 4 nitrogen and oxygen atoms in total. The molecule has 0 aliphatic carbocycles. The van der Waals surface area contributed by atoms with Crippen LogP contribution in [0.5, 0.6) is 0 Å². The number of benzene rings is 1. The second kappa shape index (κ2) is 8.02. The molecule has 0 spiro atoms. The van der Waals surface area contributed by atoms with E-state index in [-0.39, 0.29) is 31.8 Å². The first-order valence-corrected chi connectivity index (χ1v) is 6.94. The molecule has 21 heavy (non-hydrogen) atoms. The Labute approximate surface area is 128 Å². The van der Waals surface area contributed by atoms with Crippen molar-refractivity contribution >= 4 is 27.7 Å². The van der Waals surface area contributed by atoms with Crippen molar-refractivity contribution in [3.8, 4) is 0 Å². The summed E-state index contributed by atoms with van der Waals surface area (Å²) in [6, 6.07) is 7.25. The Bertz CT molecular complexity index is 506. The average molecular weight is 367 g/mol. The number of nitrogens with one attached hydrogen (secondary N) is 2. The number of halogens is 4. The second-order valence-corrected chi connectivity index (χ2v) is 5.18. The molecular formula is C13H14BrF3N2O2. The van der Waals surface area contributed by atoms with Crippen LogP contribution in [0.3, 0.4) is 0 Å². The van der Waals surface area contributed by atoms with E-state index in [2.05, 4.69) is 21.2 Å². The van der Waals surface area contributed by atoms with Gasteiger partial charge < -0.3 is 10.6 Å². The van der Waals surface area contributed by atoms with E-state index in [0.717, 1.165) is 10.0 Å². The summed E-state index contributed by atoms with van der Waals surface area (Å²) in [7, 11) is 0. The van der Waals surface area contributed by atoms with E-state index in [1.165, 1.54) is 0 Å². The van der Waals surface area contributed by atoms with Gasteiger partial charge in [-0.25, -0.2) is 0 Å². The first-order chi connectivity index (χ1) is 9.79. The smallest absolute Gasteiger partial charge is 0.356 e.